The highest BCUT2D eigenvalue weighted by molar-refractivity contribution is 5.56. The smallest absolute Gasteiger partial charge is 0.0832 e. The Morgan fingerprint density at radius 3 is 3.00 bits per heavy atom. The number of hydrogen-bond acceptors (Lipinski definition) is 4. The van der Waals surface area contributed by atoms with E-state index in [-0.39, 0.29) is 0 Å². The van der Waals surface area contributed by atoms with Crippen LogP contribution in [0.3, 0.4) is 0 Å². The van der Waals surface area contributed by atoms with E-state index in [4.69, 9.17) is 0 Å². The number of hydrogen-bond donors (Lipinski definition) is 1. The maximum atomic E-state index is 3.50. The SMILES string of the molecule is C=NNC=C=N/N=C/C. The third-order valence-electron chi connectivity index (χ3n) is 0.451. The van der Waals surface area contributed by atoms with Crippen LogP contribution in [0.25, 0.3) is 0 Å². The van der Waals surface area contributed by atoms with E-state index in [1.54, 1.807) is 13.1 Å². The molecule has 0 aromatic carbocycles. The first-order valence-corrected chi connectivity index (χ1v) is 2.38. The molecule has 48 valence electrons. The van der Waals surface area contributed by atoms with E-state index < -0.39 is 0 Å². The van der Waals surface area contributed by atoms with Gasteiger partial charge in [0.15, 0.2) is 0 Å². The Bertz CT molecular complexity index is 152. The Morgan fingerprint density at radius 2 is 2.44 bits per heavy atom. The maximum Gasteiger partial charge on any atom is 0.0832 e. The molecule has 0 aliphatic rings. The molecule has 1 N–H and O–H groups in total. The molecule has 0 aliphatic heterocycles. The molecular formula is C5H8N4. The van der Waals surface area contributed by atoms with Gasteiger partial charge in [0.05, 0.1) is 6.20 Å². The normalized spacial score (nSPS) is 8.11. The van der Waals surface area contributed by atoms with Crippen molar-refractivity contribution in [1.29, 1.82) is 0 Å². The van der Waals surface area contributed by atoms with Crippen molar-refractivity contribution in [3.8, 4) is 0 Å². The lowest BCUT2D eigenvalue weighted by molar-refractivity contribution is 0.990. The van der Waals surface area contributed by atoms with Crippen LogP contribution in [0.1, 0.15) is 6.92 Å². The van der Waals surface area contributed by atoms with E-state index in [1.807, 2.05) is 0 Å². The zero-order valence-corrected chi connectivity index (χ0v) is 5.20. The largest absolute Gasteiger partial charge is 0.277 e. The summed E-state index contributed by atoms with van der Waals surface area (Å²) in [7, 11) is 0. The first kappa shape index (κ1) is 7.59. The fourth-order valence-electron chi connectivity index (χ4n) is 0.194. The Labute approximate surface area is 53.7 Å². The fraction of sp³-hybridized carbons (Fsp3) is 0.200. The summed E-state index contributed by atoms with van der Waals surface area (Å²) in [6.45, 7) is 4.93. The van der Waals surface area contributed by atoms with E-state index in [1.165, 1.54) is 6.20 Å². The molecule has 0 radical (unpaired) electrons. The lowest BCUT2D eigenvalue weighted by Crippen LogP contribution is -1.89. The zero-order chi connectivity index (χ0) is 6.95. The van der Waals surface area contributed by atoms with Gasteiger partial charge in [-0.25, -0.2) is 0 Å². The minimum absolute atomic E-state index is 1.40. The highest BCUT2D eigenvalue weighted by Gasteiger charge is 1.55. The summed E-state index contributed by atoms with van der Waals surface area (Å²) in [4.78, 5) is 0. The van der Waals surface area contributed by atoms with Crippen LogP contribution in [0.4, 0.5) is 0 Å². The molecule has 0 saturated heterocycles. The highest BCUT2D eigenvalue weighted by atomic mass is 15.3. The molecule has 0 spiro atoms. The predicted molar refractivity (Wildman–Crippen MR) is 38.9 cm³/mol. The lowest BCUT2D eigenvalue weighted by atomic mass is 10.9. The standard InChI is InChI=1S/C5H8N4/c1-3-7-9-5-4-8-6-2/h3-4,8H,2H2,1H3/b7-3+. The average Bonchev–Trinajstić information content (AvgIpc) is 1.89. The summed E-state index contributed by atoms with van der Waals surface area (Å²) >= 11 is 0. The van der Waals surface area contributed by atoms with E-state index in [0.717, 1.165) is 0 Å². The van der Waals surface area contributed by atoms with E-state index >= 15 is 0 Å². The summed E-state index contributed by atoms with van der Waals surface area (Å²) in [6, 6.07) is 0. The predicted octanol–water partition coefficient (Wildman–Crippen LogP) is 0.381. The van der Waals surface area contributed by atoms with Crippen LogP contribution in [-0.2, 0) is 0 Å². The van der Waals surface area contributed by atoms with Crippen LogP contribution < -0.4 is 5.43 Å². The quantitative estimate of drug-likeness (QED) is 0.429. The zero-order valence-electron chi connectivity index (χ0n) is 5.20. The Hall–Kier alpha value is -1.41. The van der Waals surface area contributed by atoms with Crippen molar-refractivity contribution in [2.45, 2.75) is 6.92 Å². The first-order chi connectivity index (χ1) is 4.41. The first-order valence-electron chi connectivity index (χ1n) is 2.38. The van der Waals surface area contributed by atoms with Gasteiger partial charge in [0.1, 0.15) is 0 Å². The van der Waals surface area contributed by atoms with Gasteiger partial charge in [0, 0.05) is 18.8 Å². The number of nitrogens with one attached hydrogen (secondary N) is 1. The molecule has 0 rings (SSSR count). The molecule has 4 nitrogen and oxygen atoms in total. The van der Waals surface area contributed by atoms with Crippen LogP contribution in [0.15, 0.2) is 21.5 Å². The van der Waals surface area contributed by atoms with Gasteiger partial charge in [-0.15, -0.1) is 5.10 Å². The summed E-state index contributed by atoms with van der Waals surface area (Å²) in [5, 5.41) is 10.2. The Morgan fingerprint density at radius 1 is 1.67 bits per heavy atom. The van der Waals surface area contributed by atoms with Crippen LogP contribution in [0, 0.1) is 0 Å². The van der Waals surface area contributed by atoms with Gasteiger partial charge >= 0.3 is 0 Å². The van der Waals surface area contributed by atoms with Gasteiger partial charge in [0.25, 0.3) is 0 Å². The Kier molecular flexibility index (Phi) is 5.56. The molecule has 0 amide bonds. The fourth-order valence-corrected chi connectivity index (χ4v) is 0.194. The average molecular weight is 124 g/mol. The van der Waals surface area contributed by atoms with Gasteiger partial charge < -0.3 is 0 Å². The van der Waals surface area contributed by atoms with Crippen LogP contribution in [-0.4, -0.2) is 18.8 Å². The maximum absolute atomic E-state index is 3.50. The van der Waals surface area contributed by atoms with Crippen molar-refractivity contribution >= 4 is 18.8 Å². The van der Waals surface area contributed by atoms with Crippen molar-refractivity contribution in [2.75, 3.05) is 0 Å². The van der Waals surface area contributed by atoms with Gasteiger partial charge in [-0.2, -0.15) is 10.2 Å². The summed E-state index contributed by atoms with van der Waals surface area (Å²) in [6.07, 6.45) is 2.96. The number of rotatable bonds is 3. The minimum atomic E-state index is 1.40. The van der Waals surface area contributed by atoms with Crippen molar-refractivity contribution in [3.05, 3.63) is 6.20 Å². The molecule has 0 heterocycles. The van der Waals surface area contributed by atoms with E-state index in [9.17, 15) is 0 Å². The molecule has 9 heavy (non-hydrogen) atoms. The van der Waals surface area contributed by atoms with E-state index in [2.05, 4.69) is 33.3 Å². The van der Waals surface area contributed by atoms with Crippen molar-refractivity contribution in [3.63, 3.8) is 0 Å². The molecule has 4 heteroatoms. The van der Waals surface area contributed by atoms with Gasteiger partial charge in [-0.1, -0.05) is 0 Å². The van der Waals surface area contributed by atoms with Crippen molar-refractivity contribution < 1.29 is 0 Å². The second-order valence-corrected chi connectivity index (χ2v) is 1.03. The third-order valence-corrected chi connectivity index (χ3v) is 0.451. The summed E-state index contributed by atoms with van der Waals surface area (Å²) < 4.78 is 0. The van der Waals surface area contributed by atoms with Crippen molar-refractivity contribution in [2.24, 2.45) is 15.3 Å². The number of hydrazone groups is 1. The molecule has 0 bridgehead atoms. The van der Waals surface area contributed by atoms with Gasteiger partial charge in [-0.3, -0.25) is 5.43 Å². The molecule has 0 fully saturated rings. The van der Waals surface area contributed by atoms with Crippen LogP contribution in [0.2, 0.25) is 0 Å². The molecule has 0 saturated carbocycles. The third kappa shape index (κ3) is 6.59. The monoisotopic (exact) mass is 124 g/mol. The van der Waals surface area contributed by atoms with E-state index in [0.29, 0.717) is 0 Å². The van der Waals surface area contributed by atoms with Gasteiger partial charge in [0.2, 0.25) is 0 Å². The lowest BCUT2D eigenvalue weighted by Gasteiger charge is -1.76. The topological polar surface area (TPSA) is 49.1 Å². The molecule has 0 aromatic heterocycles. The summed E-state index contributed by atoms with van der Waals surface area (Å²) in [5.74, 6) is 2.44. The second kappa shape index (κ2) is 6.59. The molecular weight excluding hydrogens is 116 g/mol. The molecule has 0 atom stereocenters. The molecule has 0 aliphatic carbocycles. The Balaban J connectivity index is 3.53. The highest BCUT2D eigenvalue weighted by Crippen LogP contribution is 1.60. The second-order valence-electron chi connectivity index (χ2n) is 1.03. The van der Waals surface area contributed by atoms with Gasteiger partial charge in [-0.05, 0) is 6.92 Å². The van der Waals surface area contributed by atoms with Crippen LogP contribution in [0.5, 0.6) is 0 Å². The molecule has 0 unspecified atom stereocenters. The van der Waals surface area contributed by atoms with Crippen molar-refractivity contribution in [1.82, 2.24) is 5.43 Å². The number of nitrogens with zero attached hydrogens (tertiary/aromatic N) is 3. The molecule has 0 aromatic rings. The summed E-state index contributed by atoms with van der Waals surface area (Å²) in [5.41, 5.74) is 2.42. The van der Waals surface area contributed by atoms with Crippen LogP contribution >= 0.6 is 0 Å². The minimum Gasteiger partial charge on any atom is -0.277 e.